The summed E-state index contributed by atoms with van der Waals surface area (Å²) in [5.41, 5.74) is 11.6. The van der Waals surface area contributed by atoms with Crippen LogP contribution in [0.3, 0.4) is 0 Å². The standard InChI is InChI=1S/C24H25FN4O4/c25-18-11-16(12-30-19-5-1-3-7-21(19)32-14-23(26)27)9-10-17(18)13-31-20-6-2-4-8-22(20)33-15-24(28)29/h1-11H,12-15H2,(H3,26,27)(H3,28,29). The van der Waals surface area contributed by atoms with Crippen LogP contribution < -0.4 is 30.4 Å². The summed E-state index contributed by atoms with van der Waals surface area (Å²) in [5, 5.41) is 14.5. The lowest BCUT2D eigenvalue weighted by atomic mass is 10.1. The summed E-state index contributed by atoms with van der Waals surface area (Å²) in [4.78, 5) is 0. The van der Waals surface area contributed by atoms with E-state index in [4.69, 9.17) is 41.2 Å². The Morgan fingerprint density at radius 3 is 1.58 bits per heavy atom. The molecule has 0 amide bonds. The van der Waals surface area contributed by atoms with Crippen molar-refractivity contribution in [2.45, 2.75) is 13.2 Å². The van der Waals surface area contributed by atoms with Gasteiger partial charge in [-0.05, 0) is 35.9 Å². The van der Waals surface area contributed by atoms with Crippen molar-refractivity contribution < 1.29 is 23.3 Å². The van der Waals surface area contributed by atoms with E-state index in [0.29, 0.717) is 34.1 Å². The second kappa shape index (κ2) is 11.4. The predicted octanol–water partition coefficient (Wildman–Crippen LogP) is 3.61. The van der Waals surface area contributed by atoms with Crippen LogP contribution in [0.2, 0.25) is 0 Å². The molecule has 0 aliphatic heterocycles. The summed E-state index contributed by atoms with van der Waals surface area (Å²) in [5.74, 6) is 1.12. The van der Waals surface area contributed by atoms with Crippen molar-refractivity contribution in [3.63, 3.8) is 0 Å². The zero-order valence-corrected chi connectivity index (χ0v) is 17.8. The number of para-hydroxylation sites is 4. The second-order valence-corrected chi connectivity index (χ2v) is 7.02. The summed E-state index contributed by atoms with van der Waals surface area (Å²) < 4.78 is 37.0. The minimum atomic E-state index is -0.431. The van der Waals surface area contributed by atoms with E-state index in [0.717, 1.165) is 0 Å². The SMILES string of the molecule is N=C(N)COc1ccccc1OCc1ccc(COc2ccccc2OCC(=N)N)c(F)c1. The third kappa shape index (κ3) is 7.13. The number of hydrogen-bond donors (Lipinski definition) is 4. The van der Waals surface area contributed by atoms with Gasteiger partial charge in [0.2, 0.25) is 0 Å². The Morgan fingerprint density at radius 2 is 1.12 bits per heavy atom. The molecule has 0 heterocycles. The molecule has 0 spiro atoms. The fourth-order valence-corrected chi connectivity index (χ4v) is 2.80. The molecular weight excluding hydrogens is 427 g/mol. The van der Waals surface area contributed by atoms with E-state index in [1.165, 1.54) is 6.07 Å². The first-order valence-electron chi connectivity index (χ1n) is 10.0. The van der Waals surface area contributed by atoms with Gasteiger partial charge in [0.1, 0.15) is 43.9 Å². The van der Waals surface area contributed by atoms with Crippen molar-refractivity contribution in [2.75, 3.05) is 13.2 Å². The monoisotopic (exact) mass is 452 g/mol. The highest BCUT2D eigenvalue weighted by Gasteiger charge is 2.10. The molecule has 0 saturated carbocycles. The van der Waals surface area contributed by atoms with Gasteiger partial charge in [0.25, 0.3) is 0 Å². The van der Waals surface area contributed by atoms with Gasteiger partial charge in [0.05, 0.1) is 0 Å². The van der Waals surface area contributed by atoms with Crippen LogP contribution in [0.15, 0.2) is 66.7 Å². The van der Waals surface area contributed by atoms with Crippen LogP contribution in [0.4, 0.5) is 4.39 Å². The number of hydrogen-bond acceptors (Lipinski definition) is 6. The van der Waals surface area contributed by atoms with Gasteiger partial charge >= 0.3 is 0 Å². The summed E-state index contributed by atoms with van der Waals surface area (Å²) in [6, 6.07) is 18.7. The van der Waals surface area contributed by atoms with E-state index in [9.17, 15) is 4.39 Å². The second-order valence-electron chi connectivity index (χ2n) is 7.02. The fourth-order valence-electron chi connectivity index (χ4n) is 2.80. The Bertz CT molecular complexity index is 1120. The molecule has 33 heavy (non-hydrogen) atoms. The maximum Gasteiger partial charge on any atom is 0.161 e. The third-order valence-electron chi connectivity index (χ3n) is 4.36. The highest BCUT2D eigenvalue weighted by molar-refractivity contribution is 5.78. The highest BCUT2D eigenvalue weighted by Crippen LogP contribution is 2.29. The van der Waals surface area contributed by atoms with Crippen LogP contribution in [0.5, 0.6) is 23.0 Å². The van der Waals surface area contributed by atoms with Crippen LogP contribution in [0.1, 0.15) is 11.1 Å². The normalized spacial score (nSPS) is 10.3. The molecule has 0 fully saturated rings. The van der Waals surface area contributed by atoms with E-state index in [-0.39, 0.29) is 38.1 Å². The molecule has 0 saturated heterocycles. The largest absolute Gasteiger partial charge is 0.485 e. The first-order chi connectivity index (χ1) is 15.9. The predicted molar refractivity (Wildman–Crippen MR) is 123 cm³/mol. The molecule has 8 nitrogen and oxygen atoms in total. The van der Waals surface area contributed by atoms with Crippen LogP contribution in [-0.2, 0) is 13.2 Å². The molecule has 172 valence electrons. The van der Waals surface area contributed by atoms with Crippen molar-refractivity contribution in [1.29, 1.82) is 10.8 Å². The van der Waals surface area contributed by atoms with Gasteiger partial charge in [-0.25, -0.2) is 4.39 Å². The molecule has 9 heteroatoms. The molecule has 0 atom stereocenters. The number of halogens is 1. The summed E-state index contributed by atoms with van der Waals surface area (Å²) in [7, 11) is 0. The molecule has 0 bridgehead atoms. The van der Waals surface area contributed by atoms with Crippen molar-refractivity contribution in [3.05, 3.63) is 83.7 Å². The van der Waals surface area contributed by atoms with Crippen molar-refractivity contribution in [1.82, 2.24) is 0 Å². The van der Waals surface area contributed by atoms with Gasteiger partial charge in [-0.15, -0.1) is 0 Å². The third-order valence-corrected chi connectivity index (χ3v) is 4.36. The molecular formula is C24H25FN4O4. The average molecular weight is 452 g/mol. The van der Waals surface area contributed by atoms with Gasteiger partial charge in [0.15, 0.2) is 23.0 Å². The van der Waals surface area contributed by atoms with E-state index in [2.05, 4.69) is 0 Å². The molecule has 3 aromatic carbocycles. The van der Waals surface area contributed by atoms with Crippen LogP contribution in [0, 0.1) is 16.6 Å². The summed E-state index contributed by atoms with van der Waals surface area (Å²) >= 11 is 0. The van der Waals surface area contributed by atoms with Crippen LogP contribution in [0.25, 0.3) is 0 Å². The zero-order chi connectivity index (χ0) is 23.6. The highest BCUT2D eigenvalue weighted by atomic mass is 19.1. The molecule has 0 aromatic heterocycles. The number of amidine groups is 2. The Morgan fingerprint density at radius 1 is 0.667 bits per heavy atom. The van der Waals surface area contributed by atoms with Crippen molar-refractivity contribution in [3.8, 4) is 23.0 Å². The van der Waals surface area contributed by atoms with Crippen molar-refractivity contribution >= 4 is 11.7 Å². The minimum absolute atomic E-state index is 0.00483. The molecule has 0 aliphatic rings. The number of nitrogens with two attached hydrogens (primary N) is 2. The van der Waals surface area contributed by atoms with E-state index in [1.54, 1.807) is 60.7 Å². The Balaban J connectivity index is 1.60. The first kappa shape index (κ1) is 23.4. The topological polar surface area (TPSA) is 137 Å². The average Bonchev–Trinajstić information content (AvgIpc) is 2.80. The van der Waals surface area contributed by atoms with E-state index in [1.807, 2.05) is 0 Å². The van der Waals surface area contributed by atoms with Gasteiger partial charge < -0.3 is 30.4 Å². The number of nitrogens with one attached hydrogen (secondary N) is 2. The molecule has 0 unspecified atom stereocenters. The first-order valence-corrected chi connectivity index (χ1v) is 10.0. The van der Waals surface area contributed by atoms with Gasteiger partial charge in [-0.1, -0.05) is 36.4 Å². The Labute approximate surface area is 190 Å². The molecule has 6 N–H and O–H groups in total. The Kier molecular flexibility index (Phi) is 8.07. The van der Waals surface area contributed by atoms with E-state index >= 15 is 0 Å². The number of benzene rings is 3. The van der Waals surface area contributed by atoms with E-state index < -0.39 is 5.82 Å². The van der Waals surface area contributed by atoms with Crippen LogP contribution in [-0.4, -0.2) is 24.9 Å². The summed E-state index contributed by atoms with van der Waals surface area (Å²) in [6.07, 6.45) is 0. The summed E-state index contributed by atoms with van der Waals surface area (Å²) in [6.45, 7) is 0.00826. The number of ether oxygens (including phenoxy) is 4. The fraction of sp³-hybridized carbons (Fsp3) is 0.167. The lowest BCUT2D eigenvalue weighted by Gasteiger charge is -2.14. The van der Waals surface area contributed by atoms with Gasteiger partial charge in [-0.2, -0.15) is 0 Å². The molecule has 3 rings (SSSR count). The number of rotatable bonds is 12. The zero-order valence-electron chi connectivity index (χ0n) is 17.8. The maximum absolute atomic E-state index is 14.6. The maximum atomic E-state index is 14.6. The molecule has 0 aliphatic carbocycles. The minimum Gasteiger partial charge on any atom is -0.485 e. The lowest BCUT2D eigenvalue weighted by Crippen LogP contribution is -2.19. The van der Waals surface area contributed by atoms with Crippen molar-refractivity contribution in [2.24, 2.45) is 11.5 Å². The molecule has 3 aromatic rings. The quantitative estimate of drug-likeness (QED) is 0.245. The van der Waals surface area contributed by atoms with Gasteiger partial charge in [0, 0.05) is 5.56 Å². The van der Waals surface area contributed by atoms with Crippen LogP contribution >= 0.6 is 0 Å². The lowest BCUT2D eigenvalue weighted by molar-refractivity contribution is 0.271. The van der Waals surface area contributed by atoms with Gasteiger partial charge in [-0.3, -0.25) is 10.8 Å². The Hall–Kier alpha value is -4.27. The molecule has 0 radical (unpaired) electrons. The smallest absolute Gasteiger partial charge is 0.161 e.